The number of hydrogen-bond donors (Lipinski definition) is 2. The van der Waals surface area contributed by atoms with Crippen molar-refractivity contribution in [1.82, 2.24) is 15.2 Å². The molecule has 1 aliphatic heterocycles. The van der Waals surface area contributed by atoms with Gasteiger partial charge in [0.25, 0.3) is 5.91 Å². The highest BCUT2D eigenvalue weighted by molar-refractivity contribution is 5.82. The quantitative estimate of drug-likeness (QED) is 0.494. The smallest absolute Gasteiger partial charge is 0.410 e. The van der Waals surface area contributed by atoms with E-state index in [-0.39, 0.29) is 12.0 Å². The van der Waals surface area contributed by atoms with Crippen molar-refractivity contribution in [2.75, 3.05) is 26.2 Å². The lowest BCUT2D eigenvalue weighted by Crippen LogP contribution is -2.53. The van der Waals surface area contributed by atoms with Gasteiger partial charge >= 0.3 is 6.09 Å². The van der Waals surface area contributed by atoms with E-state index in [0.717, 1.165) is 5.56 Å². The van der Waals surface area contributed by atoms with Crippen molar-refractivity contribution in [3.8, 4) is 0 Å². The summed E-state index contributed by atoms with van der Waals surface area (Å²) >= 11 is 0. The molecule has 2 rings (SSSR count). The van der Waals surface area contributed by atoms with Crippen molar-refractivity contribution < 1.29 is 14.3 Å². The van der Waals surface area contributed by atoms with Crippen LogP contribution in [0.2, 0.25) is 0 Å². The molecule has 132 valence electrons. The molecular weight excluding hydrogens is 308 g/mol. The summed E-state index contributed by atoms with van der Waals surface area (Å²) in [5, 5.41) is 0. The molecule has 1 heterocycles. The number of hydrogen-bond acceptors (Lipinski definition) is 5. The van der Waals surface area contributed by atoms with Crippen LogP contribution < -0.4 is 11.3 Å². The van der Waals surface area contributed by atoms with Gasteiger partial charge in [-0.05, 0) is 26.3 Å². The van der Waals surface area contributed by atoms with E-state index in [9.17, 15) is 9.59 Å². The van der Waals surface area contributed by atoms with Crippen molar-refractivity contribution in [3.05, 3.63) is 35.9 Å². The topological polar surface area (TPSA) is 87.9 Å². The zero-order valence-electron chi connectivity index (χ0n) is 14.5. The van der Waals surface area contributed by atoms with Gasteiger partial charge in [-0.25, -0.2) is 10.6 Å². The maximum Gasteiger partial charge on any atom is 0.410 e. The molecule has 1 fully saturated rings. The third-order valence-electron chi connectivity index (χ3n) is 3.84. The molecule has 2 amide bonds. The summed E-state index contributed by atoms with van der Waals surface area (Å²) in [7, 11) is 0. The maximum atomic E-state index is 12.2. The number of nitrogens with one attached hydrogen (secondary N) is 1. The van der Waals surface area contributed by atoms with Crippen LogP contribution in [0.5, 0.6) is 0 Å². The number of piperazine rings is 1. The molecule has 0 radical (unpaired) electrons. The molecule has 1 atom stereocenters. The lowest BCUT2D eigenvalue weighted by atomic mass is 10.0. The highest BCUT2D eigenvalue weighted by Crippen LogP contribution is 2.23. The number of carbonyl (C=O) groups is 2. The number of nitrogens with two attached hydrogens (primary N) is 1. The number of rotatable bonds is 3. The standard InChI is InChI=1S/C17H26N4O3/c1-17(2,3)24-16(23)21-11-9-20(10-12-21)14(15(22)19-18)13-7-5-4-6-8-13/h4-8,14H,9-12,18H2,1-3H3,(H,19,22)/t14-/m1/s1. The Morgan fingerprint density at radius 2 is 1.71 bits per heavy atom. The molecule has 0 aromatic heterocycles. The summed E-state index contributed by atoms with van der Waals surface area (Å²) < 4.78 is 5.40. The third-order valence-corrected chi connectivity index (χ3v) is 3.84. The van der Waals surface area contributed by atoms with Crippen LogP contribution in [0, 0.1) is 0 Å². The predicted molar refractivity (Wildman–Crippen MR) is 90.9 cm³/mol. The Hall–Kier alpha value is -2.12. The average Bonchev–Trinajstić information content (AvgIpc) is 2.55. The Kier molecular flexibility index (Phi) is 5.80. The maximum absolute atomic E-state index is 12.2. The van der Waals surface area contributed by atoms with E-state index in [2.05, 4.69) is 5.43 Å². The van der Waals surface area contributed by atoms with Gasteiger partial charge in [-0.15, -0.1) is 0 Å². The molecule has 0 spiro atoms. The third kappa shape index (κ3) is 4.69. The second-order valence-electron chi connectivity index (χ2n) is 6.83. The molecular formula is C17H26N4O3. The van der Waals surface area contributed by atoms with Crippen LogP contribution in [-0.4, -0.2) is 53.6 Å². The summed E-state index contributed by atoms with van der Waals surface area (Å²) in [4.78, 5) is 28.1. The van der Waals surface area contributed by atoms with Crippen LogP contribution in [0.1, 0.15) is 32.4 Å². The van der Waals surface area contributed by atoms with Crippen molar-refractivity contribution in [2.24, 2.45) is 5.84 Å². The van der Waals surface area contributed by atoms with Crippen molar-refractivity contribution in [1.29, 1.82) is 0 Å². The number of amides is 2. The van der Waals surface area contributed by atoms with Crippen LogP contribution in [0.15, 0.2) is 30.3 Å². The fourth-order valence-electron chi connectivity index (χ4n) is 2.73. The number of ether oxygens (including phenoxy) is 1. The number of carbonyl (C=O) groups excluding carboxylic acids is 2. The average molecular weight is 334 g/mol. The van der Waals surface area contributed by atoms with E-state index in [1.54, 1.807) is 4.90 Å². The molecule has 7 heteroatoms. The van der Waals surface area contributed by atoms with Gasteiger partial charge in [0, 0.05) is 26.2 Å². The summed E-state index contributed by atoms with van der Waals surface area (Å²) in [6.45, 7) is 7.71. The van der Waals surface area contributed by atoms with E-state index < -0.39 is 11.6 Å². The first-order chi connectivity index (χ1) is 11.3. The van der Waals surface area contributed by atoms with Crippen LogP contribution in [0.4, 0.5) is 4.79 Å². The van der Waals surface area contributed by atoms with Gasteiger partial charge in [-0.1, -0.05) is 30.3 Å². The largest absolute Gasteiger partial charge is 0.444 e. The SMILES string of the molecule is CC(C)(C)OC(=O)N1CCN([C@@H](C(=O)NN)c2ccccc2)CC1. The Morgan fingerprint density at radius 3 is 2.21 bits per heavy atom. The second-order valence-corrected chi connectivity index (χ2v) is 6.83. The van der Waals surface area contributed by atoms with Gasteiger partial charge in [0.15, 0.2) is 0 Å². The summed E-state index contributed by atoms with van der Waals surface area (Å²) in [6, 6.07) is 9.03. The first-order valence-corrected chi connectivity index (χ1v) is 8.09. The van der Waals surface area contributed by atoms with Crippen LogP contribution in [0.25, 0.3) is 0 Å². The molecule has 0 saturated carbocycles. The van der Waals surface area contributed by atoms with E-state index in [1.165, 1.54) is 0 Å². The van der Waals surface area contributed by atoms with Crippen molar-refractivity contribution in [2.45, 2.75) is 32.4 Å². The lowest BCUT2D eigenvalue weighted by Gasteiger charge is -2.38. The molecule has 0 unspecified atom stereocenters. The number of benzene rings is 1. The Labute approximate surface area is 142 Å². The first kappa shape index (κ1) is 18.2. The van der Waals surface area contributed by atoms with E-state index >= 15 is 0 Å². The highest BCUT2D eigenvalue weighted by Gasteiger charge is 2.32. The van der Waals surface area contributed by atoms with Crippen molar-refractivity contribution >= 4 is 12.0 Å². The summed E-state index contributed by atoms with van der Waals surface area (Å²) in [6.07, 6.45) is -0.318. The summed E-state index contributed by atoms with van der Waals surface area (Å²) in [5.74, 6) is 5.09. The molecule has 1 aromatic rings. The van der Waals surface area contributed by atoms with Crippen LogP contribution in [0.3, 0.4) is 0 Å². The van der Waals surface area contributed by atoms with Crippen molar-refractivity contribution in [3.63, 3.8) is 0 Å². The first-order valence-electron chi connectivity index (χ1n) is 8.09. The Bertz CT molecular complexity index is 563. The van der Waals surface area contributed by atoms with Crippen LogP contribution >= 0.6 is 0 Å². The Morgan fingerprint density at radius 1 is 1.12 bits per heavy atom. The normalized spacial score (nSPS) is 17.2. The molecule has 7 nitrogen and oxygen atoms in total. The fraction of sp³-hybridized carbons (Fsp3) is 0.529. The van der Waals surface area contributed by atoms with E-state index in [0.29, 0.717) is 26.2 Å². The number of hydrazine groups is 1. The van der Waals surface area contributed by atoms with Gasteiger partial charge < -0.3 is 9.64 Å². The molecule has 3 N–H and O–H groups in total. The Balaban J connectivity index is 2.03. The molecule has 24 heavy (non-hydrogen) atoms. The van der Waals surface area contributed by atoms with Gasteiger partial charge in [-0.2, -0.15) is 0 Å². The molecule has 1 aromatic carbocycles. The molecule has 0 bridgehead atoms. The molecule has 1 aliphatic rings. The van der Waals surface area contributed by atoms with Gasteiger partial charge in [0.05, 0.1) is 0 Å². The highest BCUT2D eigenvalue weighted by atomic mass is 16.6. The second kappa shape index (κ2) is 7.63. The number of nitrogens with zero attached hydrogens (tertiary/aromatic N) is 2. The van der Waals surface area contributed by atoms with Gasteiger partial charge in [-0.3, -0.25) is 15.1 Å². The zero-order valence-corrected chi connectivity index (χ0v) is 14.5. The van der Waals surface area contributed by atoms with Gasteiger partial charge in [0.1, 0.15) is 11.6 Å². The lowest BCUT2D eigenvalue weighted by molar-refractivity contribution is -0.127. The van der Waals surface area contributed by atoms with Gasteiger partial charge in [0.2, 0.25) is 0 Å². The molecule has 0 aliphatic carbocycles. The fourth-order valence-corrected chi connectivity index (χ4v) is 2.73. The minimum Gasteiger partial charge on any atom is -0.444 e. The minimum atomic E-state index is -0.514. The van der Waals surface area contributed by atoms with E-state index in [1.807, 2.05) is 56.0 Å². The minimum absolute atomic E-state index is 0.257. The zero-order chi connectivity index (χ0) is 17.7. The van der Waals surface area contributed by atoms with E-state index in [4.69, 9.17) is 10.6 Å². The monoisotopic (exact) mass is 334 g/mol. The molecule has 1 saturated heterocycles. The predicted octanol–water partition coefficient (Wildman–Crippen LogP) is 1.27. The summed E-state index contributed by atoms with van der Waals surface area (Å²) in [5.41, 5.74) is 2.61. The van der Waals surface area contributed by atoms with Crippen LogP contribution in [-0.2, 0) is 9.53 Å².